The van der Waals surface area contributed by atoms with Crippen molar-refractivity contribution >= 4 is 11.5 Å². The first-order valence-corrected chi connectivity index (χ1v) is 5.80. The van der Waals surface area contributed by atoms with Crippen LogP contribution in [0.5, 0.6) is 0 Å². The molecule has 15 heavy (non-hydrogen) atoms. The molecule has 0 saturated heterocycles. The van der Waals surface area contributed by atoms with E-state index in [2.05, 4.69) is 17.1 Å². The lowest BCUT2D eigenvalue weighted by atomic mass is 9.73. The summed E-state index contributed by atoms with van der Waals surface area (Å²) in [6, 6.07) is 0. The molecule has 0 aromatic rings. The molecule has 0 N–H and O–H groups in total. The number of hydrogen-bond donors (Lipinski definition) is 0. The van der Waals surface area contributed by atoms with Crippen molar-refractivity contribution in [2.45, 2.75) is 25.7 Å². The molecule has 2 unspecified atom stereocenters. The molecule has 2 atom stereocenters. The highest BCUT2D eigenvalue weighted by atomic mass is 16.1. The molecule has 0 radical (unpaired) electrons. The number of carbonyl (C=O) groups is 1. The first-order chi connectivity index (χ1) is 7.32. The smallest absolute Gasteiger partial charge is 0.168 e. The molecule has 0 amide bonds. The zero-order valence-electron chi connectivity index (χ0n) is 8.62. The number of nitrogens with zero attached hydrogens (tertiary/aromatic N) is 1. The quantitative estimate of drug-likeness (QED) is 0.587. The molecule has 0 aromatic heterocycles. The Labute approximate surface area is 88.8 Å². The first kappa shape index (κ1) is 8.03. The summed E-state index contributed by atoms with van der Waals surface area (Å²) in [5, 5.41) is 0. The highest BCUT2D eigenvalue weighted by Gasteiger charge is 2.65. The molecule has 1 spiro atoms. The van der Waals surface area contributed by atoms with Gasteiger partial charge in [0.2, 0.25) is 0 Å². The number of carbonyl (C=O) groups excluding carboxylic acids is 1. The minimum absolute atomic E-state index is 0.250. The number of Topliss-reactive ketones (excluding diaryl/α,β-unsaturated/α-hetero) is 1. The summed E-state index contributed by atoms with van der Waals surface area (Å²) in [7, 11) is 0. The lowest BCUT2D eigenvalue weighted by Crippen LogP contribution is -2.31. The van der Waals surface area contributed by atoms with Gasteiger partial charge in [0, 0.05) is 29.7 Å². The Morgan fingerprint density at radius 3 is 3.07 bits per heavy atom. The third-order valence-corrected chi connectivity index (χ3v) is 4.39. The highest BCUT2D eigenvalue weighted by molar-refractivity contribution is 6.21. The van der Waals surface area contributed by atoms with Crippen LogP contribution in [0.2, 0.25) is 0 Å². The summed E-state index contributed by atoms with van der Waals surface area (Å²) in [6.45, 7) is 0.966. The molecule has 2 fully saturated rings. The molecule has 4 rings (SSSR count). The van der Waals surface area contributed by atoms with E-state index in [9.17, 15) is 4.79 Å². The summed E-state index contributed by atoms with van der Waals surface area (Å²) < 4.78 is 0. The lowest BCUT2D eigenvalue weighted by molar-refractivity contribution is -0.114. The van der Waals surface area contributed by atoms with Crippen LogP contribution >= 0.6 is 0 Å². The van der Waals surface area contributed by atoms with E-state index in [-0.39, 0.29) is 5.41 Å². The van der Waals surface area contributed by atoms with Crippen molar-refractivity contribution in [1.82, 2.24) is 0 Å². The van der Waals surface area contributed by atoms with E-state index in [4.69, 9.17) is 0 Å². The third-order valence-electron chi connectivity index (χ3n) is 4.39. The highest BCUT2D eigenvalue weighted by Crippen LogP contribution is 2.66. The molecular weight excluding hydrogens is 186 g/mol. The van der Waals surface area contributed by atoms with Crippen LogP contribution in [0.1, 0.15) is 25.7 Å². The fraction of sp³-hybridized carbons (Fsp3) is 0.538. The Hall–Kier alpha value is -1.18. The molecule has 1 heterocycles. The van der Waals surface area contributed by atoms with Gasteiger partial charge >= 0.3 is 0 Å². The van der Waals surface area contributed by atoms with Crippen molar-refractivity contribution in [3.8, 4) is 0 Å². The molecule has 3 aliphatic carbocycles. The Morgan fingerprint density at radius 1 is 1.33 bits per heavy atom. The number of rotatable bonds is 0. The second-order valence-electron chi connectivity index (χ2n) is 5.07. The maximum Gasteiger partial charge on any atom is 0.168 e. The zero-order chi connectivity index (χ0) is 10.0. The first-order valence-electron chi connectivity index (χ1n) is 5.80. The normalized spacial score (nSPS) is 40.9. The van der Waals surface area contributed by atoms with Gasteiger partial charge in [-0.15, -0.1) is 0 Å². The van der Waals surface area contributed by atoms with E-state index in [0.717, 1.165) is 30.9 Å². The van der Waals surface area contributed by atoms with E-state index >= 15 is 0 Å². The Kier molecular flexibility index (Phi) is 1.24. The van der Waals surface area contributed by atoms with Gasteiger partial charge in [-0.25, -0.2) is 0 Å². The van der Waals surface area contributed by atoms with Crippen LogP contribution in [0, 0.1) is 11.3 Å². The zero-order valence-corrected chi connectivity index (χ0v) is 8.62. The summed E-state index contributed by atoms with van der Waals surface area (Å²) in [5.41, 5.74) is 3.82. The molecule has 4 aliphatic rings. The van der Waals surface area contributed by atoms with Crippen molar-refractivity contribution in [1.29, 1.82) is 0 Å². The summed E-state index contributed by atoms with van der Waals surface area (Å²) in [6.07, 6.45) is 8.44. The molecule has 1 aliphatic heterocycles. The molecule has 0 aromatic carbocycles. The van der Waals surface area contributed by atoms with Gasteiger partial charge in [0.05, 0.1) is 0 Å². The van der Waals surface area contributed by atoms with Crippen molar-refractivity contribution in [2.75, 3.05) is 6.54 Å². The molecule has 2 saturated carbocycles. The minimum atomic E-state index is 0.250. The average molecular weight is 199 g/mol. The Balaban J connectivity index is 1.92. The molecular formula is C13H13NO. The van der Waals surface area contributed by atoms with E-state index < -0.39 is 0 Å². The number of hydrogen-bond acceptors (Lipinski definition) is 2. The van der Waals surface area contributed by atoms with Crippen LogP contribution < -0.4 is 0 Å². The average Bonchev–Trinajstić information content (AvgIpc) is 2.89. The van der Waals surface area contributed by atoms with Gasteiger partial charge in [0.15, 0.2) is 5.78 Å². The van der Waals surface area contributed by atoms with Crippen molar-refractivity contribution in [3.63, 3.8) is 0 Å². The maximum absolute atomic E-state index is 11.9. The lowest BCUT2D eigenvalue weighted by Gasteiger charge is -2.29. The van der Waals surface area contributed by atoms with Crippen molar-refractivity contribution in [3.05, 3.63) is 23.3 Å². The summed E-state index contributed by atoms with van der Waals surface area (Å²) >= 11 is 0. The summed E-state index contributed by atoms with van der Waals surface area (Å²) in [5.74, 6) is 1.03. The topological polar surface area (TPSA) is 29.4 Å². The second-order valence-corrected chi connectivity index (χ2v) is 5.07. The monoisotopic (exact) mass is 199 g/mol. The van der Waals surface area contributed by atoms with Crippen LogP contribution in [0.4, 0.5) is 0 Å². The van der Waals surface area contributed by atoms with Crippen LogP contribution in [-0.4, -0.2) is 18.0 Å². The predicted molar refractivity (Wildman–Crippen MR) is 57.9 cm³/mol. The largest absolute Gasteiger partial charge is 0.294 e. The molecule has 76 valence electrons. The van der Waals surface area contributed by atoms with Gasteiger partial charge in [-0.2, -0.15) is 0 Å². The van der Waals surface area contributed by atoms with Crippen LogP contribution in [0.15, 0.2) is 28.3 Å². The van der Waals surface area contributed by atoms with E-state index in [1.54, 1.807) is 0 Å². The summed E-state index contributed by atoms with van der Waals surface area (Å²) in [4.78, 5) is 16.5. The van der Waals surface area contributed by atoms with E-state index in [1.165, 1.54) is 17.7 Å². The van der Waals surface area contributed by atoms with Gasteiger partial charge in [-0.1, -0.05) is 12.2 Å². The van der Waals surface area contributed by atoms with Gasteiger partial charge in [0.25, 0.3) is 0 Å². The van der Waals surface area contributed by atoms with E-state index in [0.29, 0.717) is 12.2 Å². The SMILES string of the molecule is O=C1CC2=NCC3CC23C2=CCCC=C12. The van der Waals surface area contributed by atoms with Crippen molar-refractivity contribution < 1.29 is 4.79 Å². The number of fused-ring (bicyclic) bond motifs is 1. The van der Waals surface area contributed by atoms with Crippen LogP contribution in [0.3, 0.4) is 0 Å². The predicted octanol–water partition coefficient (Wildman–Crippen LogP) is 2.07. The Bertz CT molecular complexity index is 469. The fourth-order valence-electron chi connectivity index (χ4n) is 3.57. The molecule has 2 nitrogen and oxygen atoms in total. The Morgan fingerprint density at radius 2 is 2.20 bits per heavy atom. The van der Waals surface area contributed by atoms with Gasteiger partial charge in [0.1, 0.15) is 0 Å². The standard InChI is InChI=1S/C13H13NO/c15-11-5-12-13(6-8(13)7-14-12)10-4-2-1-3-9(10)11/h3-4,8H,1-2,5-7H2. The second kappa shape index (κ2) is 2.31. The van der Waals surface area contributed by atoms with E-state index in [1.807, 2.05) is 0 Å². The minimum Gasteiger partial charge on any atom is -0.294 e. The third kappa shape index (κ3) is 0.782. The number of aliphatic imine (C=N–C) groups is 1. The molecule has 2 heteroatoms. The van der Waals surface area contributed by atoms with Gasteiger partial charge in [-0.3, -0.25) is 9.79 Å². The maximum atomic E-state index is 11.9. The number of ketones is 1. The van der Waals surface area contributed by atoms with Crippen molar-refractivity contribution in [2.24, 2.45) is 16.3 Å². The van der Waals surface area contributed by atoms with Gasteiger partial charge < -0.3 is 0 Å². The van der Waals surface area contributed by atoms with Gasteiger partial charge in [-0.05, 0) is 30.8 Å². The number of allylic oxidation sites excluding steroid dienone is 4. The van der Waals surface area contributed by atoms with Crippen LogP contribution in [-0.2, 0) is 4.79 Å². The van der Waals surface area contributed by atoms with Crippen LogP contribution in [0.25, 0.3) is 0 Å². The fourth-order valence-corrected chi connectivity index (χ4v) is 3.57. The molecule has 0 bridgehead atoms.